The van der Waals surface area contributed by atoms with Crippen molar-refractivity contribution in [1.82, 2.24) is 10.2 Å². The molecule has 0 radical (unpaired) electrons. The molecule has 3 rings (SSSR count). The monoisotopic (exact) mass is 543 g/mol. The molecule has 1 N–H and O–H groups in total. The van der Waals surface area contributed by atoms with Gasteiger partial charge in [-0.1, -0.05) is 48.5 Å². The summed E-state index contributed by atoms with van der Waals surface area (Å²) in [6.07, 6.45) is 1.28. The summed E-state index contributed by atoms with van der Waals surface area (Å²) in [6, 6.07) is 19.3. The van der Waals surface area contributed by atoms with Gasteiger partial charge >= 0.3 is 0 Å². The van der Waals surface area contributed by atoms with Crippen molar-refractivity contribution >= 4 is 27.5 Å². The second-order valence-electron chi connectivity index (χ2n) is 8.85. The van der Waals surface area contributed by atoms with E-state index in [1.54, 1.807) is 18.2 Å². The Kier molecular flexibility index (Phi) is 9.95. The Bertz CT molecular complexity index is 1340. The van der Waals surface area contributed by atoms with Crippen LogP contribution in [0, 0.1) is 11.6 Å². The number of rotatable bonds is 12. The van der Waals surface area contributed by atoms with Gasteiger partial charge in [0, 0.05) is 38.5 Å². The van der Waals surface area contributed by atoms with E-state index in [0.29, 0.717) is 0 Å². The first-order valence-electron chi connectivity index (χ1n) is 12.1. The summed E-state index contributed by atoms with van der Waals surface area (Å²) in [4.78, 5) is 27.8. The number of benzene rings is 3. The third-order valence-electron chi connectivity index (χ3n) is 6.08. The molecular formula is C28H31F2N3O4S. The molecule has 0 aliphatic rings. The van der Waals surface area contributed by atoms with E-state index in [0.717, 1.165) is 28.3 Å². The van der Waals surface area contributed by atoms with Crippen molar-refractivity contribution in [3.8, 4) is 0 Å². The van der Waals surface area contributed by atoms with Gasteiger partial charge in [0.2, 0.25) is 21.8 Å². The highest BCUT2D eigenvalue weighted by Gasteiger charge is 2.30. The van der Waals surface area contributed by atoms with Gasteiger partial charge < -0.3 is 10.2 Å². The quantitative estimate of drug-likeness (QED) is 0.376. The lowest BCUT2D eigenvalue weighted by molar-refractivity contribution is -0.141. The number of likely N-dealkylation sites (N-methyl/N-ethyl adjacent to an activating group) is 1. The average molecular weight is 544 g/mol. The number of nitrogens with zero attached hydrogens (tertiary/aromatic N) is 2. The fourth-order valence-electron chi connectivity index (χ4n) is 4.14. The highest BCUT2D eigenvalue weighted by Crippen LogP contribution is 2.21. The van der Waals surface area contributed by atoms with Crippen LogP contribution in [0.15, 0.2) is 78.9 Å². The van der Waals surface area contributed by atoms with E-state index in [9.17, 15) is 26.8 Å². The molecule has 0 aliphatic heterocycles. The Morgan fingerprint density at radius 2 is 1.55 bits per heavy atom. The summed E-state index contributed by atoms with van der Waals surface area (Å²) in [5.41, 5.74) is 1.36. The van der Waals surface area contributed by atoms with E-state index in [-0.39, 0.29) is 43.6 Å². The number of anilines is 1. The molecule has 0 saturated heterocycles. The highest BCUT2D eigenvalue weighted by atomic mass is 32.2. The zero-order chi connectivity index (χ0) is 27.7. The second kappa shape index (κ2) is 13.1. The molecule has 0 spiro atoms. The Balaban J connectivity index is 1.84. The van der Waals surface area contributed by atoms with Crippen molar-refractivity contribution in [3.05, 3.63) is 102 Å². The molecule has 2 amide bonds. The van der Waals surface area contributed by atoms with Gasteiger partial charge in [0.25, 0.3) is 0 Å². The van der Waals surface area contributed by atoms with Gasteiger partial charge in [-0.2, -0.15) is 0 Å². The lowest BCUT2D eigenvalue weighted by Crippen LogP contribution is -2.50. The van der Waals surface area contributed by atoms with E-state index in [1.807, 2.05) is 30.3 Å². The Morgan fingerprint density at radius 1 is 0.921 bits per heavy atom. The van der Waals surface area contributed by atoms with E-state index < -0.39 is 39.5 Å². The molecule has 202 valence electrons. The Hall–Kier alpha value is -3.79. The van der Waals surface area contributed by atoms with Crippen LogP contribution in [-0.2, 0) is 32.6 Å². The van der Waals surface area contributed by atoms with Crippen LogP contribution in [0.1, 0.15) is 24.0 Å². The largest absolute Gasteiger partial charge is 0.357 e. The standard InChI is InChI=1S/C28H31F2N3O4S/c1-31-28(35)26(19-21-9-4-3-5-10-21)32(20-22-11-6-7-12-25(22)30)27(34)13-8-18-33(38(2,36)37)24-16-14-23(29)15-17-24/h3-7,9-12,14-17,26H,8,13,18-20H2,1-2H3,(H,31,35)/t26-/m1/s1. The van der Waals surface area contributed by atoms with Crippen LogP contribution in [0.4, 0.5) is 14.5 Å². The van der Waals surface area contributed by atoms with E-state index >= 15 is 0 Å². The van der Waals surface area contributed by atoms with Gasteiger partial charge in [0.05, 0.1) is 11.9 Å². The minimum absolute atomic E-state index is 0.0347. The molecule has 38 heavy (non-hydrogen) atoms. The van der Waals surface area contributed by atoms with Crippen LogP contribution in [-0.4, -0.2) is 51.0 Å². The molecule has 0 unspecified atom stereocenters. The average Bonchev–Trinajstić information content (AvgIpc) is 2.89. The van der Waals surface area contributed by atoms with E-state index in [4.69, 9.17) is 0 Å². The summed E-state index contributed by atoms with van der Waals surface area (Å²) in [6.45, 7) is -0.169. The van der Waals surface area contributed by atoms with Gasteiger partial charge in [0.15, 0.2) is 0 Å². The maximum atomic E-state index is 14.6. The van der Waals surface area contributed by atoms with Gasteiger partial charge in [0.1, 0.15) is 17.7 Å². The number of hydrogen-bond donors (Lipinski definition) is 1. The lowest BCUT2D eigenvalue weighted by Gasteiger charge is -2.31. The number of sulfonamides is 1. The third kappa shape index (κ3) is 7.85. The maximum Gasteiger partial charge on any atom is 0.242 e. The van der Waals surface area contributed by atoms with Gasteiger partial charge in [-0.3, -0.25) is 13.9 Å². The molecule has 0 aliphatic carbocycles. The third-order valence-corrected chi connectivity index (χ3v) is 7.28. The van der Waals surface area contributed by atoms with Crippen molar-refractivity contribution in [3.63, 3.8) is 0 Å². The predicted octanol–water partition coefficient (Wildman–Crippen LogP) is 3.90. The van der Waals surface area contributed by atoms with Crippen molar-refractivity contribution in [1.29, 1.82) is 0 Å². The van der Waals surface area contributed by atoms with E-state index in [2.05, 4.69) is 5.32 Å². The first-order chi connectivity index (χ1) is 18.1. The SMILES string of the molecule is CNC(=O)[C@@H](Cc1ccccc1)N(Cc1ccccc1F)C(=O)CCCN(c1ccc(F)cc1)S(C)(=O)=O. The topological polar surface area (TPSA) is 86.8 Å². The van der Waals surface area contributed by atoms with Crippen molar-refractivity contribution in [2.45, 2.75) is 31.8 Å². The first-order valence-corrected chi connectivity index (χ1v) is 14.0. The number of carbonyl (C=O) groups is 2. The number of hydrogen-bond acceptors (Lipinski definition) is 4. The number of carbonyl (C=O) groups excluding carboxylic acids is 2. The minimum atomic E-state index is -3.71. The molecule has 10 heteroatoms. The van der Waals surface area contributed by atoms with Crippen LogP contribution in [0.5, 0.6) is 0 Å². The molecular weight excluding hydrogens is 512 g/mol. The summed E-state index contributed by atoms with van der Waals surface area (Å²) in [5, 5.41) is 2.60. The van der Waals surface area contributed by atoms with Crippen LogP contribution < -0.4 is 9.62 Å². The number of halogens is 2. The fourth-order valence-corrected chi connectivity index (χ4v) is 5.11. The van der Waals surface area contributed by atoms with Crippen molar-refractivity contribution in [2.24, 2.45) is 0 Å². The molecule has 0 aromatic heterocycles. The number of nitrogens with one attached hydrogen (secondary N) is 1. The molecule has 0 bridgehead atoms. The summed E-state index contributed by atoms with van der Waals surface area (Å²) >= 11 is 0. The number of amides is 2. The van der Waals surface area contributed by atoms with Crippen LogP contribution in [0.2, 0.25) is 0 Å². The van der Waals surface area contributed by atoms with E-state index in [1.165, 1.54) is 30.1 Å². The lowest BCUT2D eigenvalue weighted by atomic mass is 10.0. The summed E-state index contributed by atoms with van der Waals surface area (Å²) in [7, 11) is -2.23. The summed E-state index contributed by atoms with van der Waals surface area (Å²) < 4.78 is 53.8. The zero-order valence-corrected chi connectivity index (χ0v) is 22.1. The van der Waals surface area contributed by atoms with Crippen molar-refractivity contribution < 1.29 is 26.8 Å². The molecule has 0 heterocycles. The van der Waals surface area contributed by atoms with Gasteiger partial charge in [-0.15, -0.1) is 0 Å². The predicted molar refractivity (Wildman–Crippen MR) is 143 cm³/mol. The Morgan fingerprint density at radius 3 is 2.16 bits per heavy atom. The molecule has 1 atom stereocenters. The normalized spacial score (nSPS) is 12.0. The molecule has 7 nitrogen and oxygen atoms in total. The second-order valence-corrected chi connectivity index (χ2v) is 10.8. The Labute approximate surface area is 222 Å². The smallest absolute Gasteiger partial charge is 0.242 e. The van der Waals surface area contributed by atoms with Crippen LogP contribution in [0.3, 0.4) is 0 Å². The maximum absolute atomic E-state index is 14.6. The minimum Gasteiger partial charge on any atom is -0.357 e. The summed E-state index contributed by atoms with van der Waals surface area (Å²) in [5.74, 6) is -1.83. The zero-order valence-electron chi connectivity index (χ0n) is 21.3. The van der Waals surface area contributed by atoms with Crippen molar-refractivity contribution in [2.75, 3.05) is 24.2 Å². The van der Waals surface area contributed by atoms with Gasteiger partial charge in [-0.05, 0) is 42.3 Å². The molecule has 0 fully saturated rings. The van der Waals surface area contributed by atoms with Crippen LogP contribution in [0.25, 0.3) is 0 Å². The molecule has 0 saturated carbocycles. The first kappa shape index (κ1) is 28.8. The van der Waals surface area contributed by atoms with Crippen LogP contribution >= 0.6 is 0 Å². The fraction of sp³-hybridized carbons (Fsp3) is 0.286. The molecule has 3 aromatic carbocycles. The molecule has 3 aromatic rings. The van der Waals surface area contributed by atoms with Gasteiger partial charge in [-0.25, -0.2) is 17.2 Å². The highest BCUT2D eigenvalue weighted by molar-refractivity contribution is 7.92.